The number of hydroxylamine groups is 2. The third kappa shape index (κ3) is 7.64. The summed E-state index contributed by atoms with van der Waals surface area (Å²) >= 11 is 0. The van der Waals surface area contributed by atoms with Gasteiger partial charge in [-0.2, -0.15) is 5.06 Å². The summed E-state index contributed by atoms with van der Waals surface area (Å²) in [4.78, 5) is 26.6. The van der Waals surface area contributed by atoms with Crippen LogP contribution in [0.25, 0.3) is 0 Å². The van der Waals surface area contributed by atoms with Crippen LogP contribution >= 0.6 is 7.60 Å². The fourth-order valence-electron chi connectivity index (χ4n) is 0.481. The van der Waals surface area contributed by atoms with E-state index in [4.69, 9.17) is 20.1 Å². The van der Waals surface area contributed by atoms with Crippen LogP contribution in [0.15, 0.2) is 0 Å². The average Bonchev–Trinajstić information content (AvgIpc) is 1.80. The van der Waals surface area contributed by atoms with Crippen LogP contribution in [0.4, 0.5) is 0 Å². The molecule has 12 heavy (non-hydrogen) atoms. The molecule has 7 nitrogen and oxygen atoms in total. The molecule has 0 amide bonds. The van der Waals surface area contributed by atoms with E-state index in [0.717, 1.165) is 0 Å². The van der Waals surface area contributed by atoms with Gasteiger partial charge in [0.25, 0.3) is 0 Å². The Morgan fingerprint density at radius 3 is 2.25 bits per heavy atom. The Labute approximate surface area is 68.3 Å². The first kappa shape index (κ1) is 11.5. The van der Waals surface area contributed by atoms with E-state index in [-0.39, 0.29) is 6.54 Å². The van der Waals surface area contributed by atoms with Crippen molar-refractivity contribution >= 4 is 13.6 Å². The van der Waals surface area contributed by atoms with Gasteiger partial charge in [0.05, 0.1) is 6.16 Å². The minimum absolute atomic E-state index is 0.335. The summed E-state index contributed by atoms with van der Waals surface area (Å²) in [5, 5.41) is 17.1. The predicted molar refractivity (Wildman–Crippen MR) is 37.9 cm³/mol. The molecule has 8 heteroatoms. The van der Waals surface area contributed by atoms with Crippen LogP contribution in [-0.4, -0.2) is 50.4 Å². The highest BCUT2D eigenvalue weighted by Crippen LogP contribution is 2.33. The maximum atomic E-state index is 10.2. The molecule has 0 saturated heterocycles. The van der Waals surface area contributed by atoms with Gasteiger partial charge in [-0.3, -0.25) is 9.36 Å². The average molecular weight is 199 g/mol. The van der Waals surface area contributed by atoms with E-state index in [1.807, 2.05) is 0 Å². The highest BCUT2D eigenvalue weighted by Gasteiger charge is 2.15. The summed E-state index contributed by atoms with van der Waals surface area (Å²) in [6.07, 6.45) is -0.559. The molecule has 0 unspecified atom stereocenters. The Morgan fingerprint density at radius 2 is 1.92 bits per heavy atom. The Morgan fingerprint density at radius 1 is 1.42 bits per heavy atom. The van der Waals surface area contributed by atoms with Crippen molar-refractivity contribution in [1.29, 1.82) is 0 Å². The van der Waals surface area contributed by atoms with Crippen molar-refractivity contribution in [2.75, 3.05) is 19.3 Å². The molecule has 0 atom stereocenters. The zero-order valence-electron chi connectivity index (χ0n) is 6.12. The van der Waals surface area contributed by atoms with Gasteiger partial charge < -0.3 is 20.1 Å². The van der Waals surface area contributed by atoms with E-state index < -0.39 is 26.3 Å². The van der Waals surface area contributed by atoms with Gasteiger partial charge in [0, 0.05) is 6.54 Å². The molecule has 0 rings (SSSR count). The fraction of sp³-hybridized carbons (Fsp3) is 0.750. The molecular weight excluding hydrogens is 189 g/mol. The van der Waals surface area contributed by atoms with Gasteiger partial charge in [-0.15, -0.1) is 0 Å². The van der Waals surface area contributed by atoms with Crippen molar-refractivity contribution in [3.05, 3.63) is 0 Å². The Balaban J connectivity index is 3.65. The number of nitrogens with zero attached hydrogens (tertiary/aromatic N) is 1. The van der Waals surface area contributed by atoms with Crippen LogP contribution in [-0.2, 0) is 9.36 Å². The molecule has 0 aliphatic heterocycles. The van der Waals surface area contributed by atoms with Gasteiger partial charge in [-0.05, 0) is 0 Å². The van der Waals surface area contributed by atoms with Crippen LogP contribution in [0, 0.1) is 0 Å². The zero-order valence-corrected chi connectivity index (χ0v) is 7.02. The molecule has 0 bridgehead atoms. The first-order valence-electron chi connectivity index (χ1n) is 3.01. The molecule has 0 aliphatic rings. The van der Waals surface area contributed by atoms with Crippen LogP contribution in [0.5, 0.6) is 0 Å². The lowest BCUT2D eigenvalue weighted by Gasteiger charge is -2.11. The maximum absolute atomic E-state index is 10.2. The van der Waals surface area contributed by atoms with E-state index in [0.29, 0.717) is 5.06 Å². The van der Waals surface area contributed by atoms with Crippen LogP contribution in [0.2, 0.25) is 0 Å². The maximum Gasteiger partial charge on any atom is 0.326 e. The van der Waals surface area contributed by atoms with Gasteiger partial charge in [0.15, 0.2) is 0 Å². The molecule has 0 fully saturated rings. The summed E-state index contributed by atoms with van der Waals surface area (Å²) in [5.74, 6) is -1.26. The largest absolute Gasteiger partial charge is 0.480 e. The zero-order chi connectivity index (χ0) is 9.78. The topological polar surface area (TPSA) is 118 Å². The van der Waals surface area contributed by atoms with E-state index in [1.54, 1.807) is 0 Å². The number of hydrogen-bond acceptors (Lipinski definition) is 4. The highest BCUT2D eigenvalue weighted by atomic mass is 31.2. The molecule has 0 aliphatic carbocycles. The molecule has 0 saturated carbocycles. The number of carbonyl (C=O) groups is 1. The van der Waals surface area contributed by atoms with E-state index in [1.165, 1.54) is 0 Å². The minimum Gasteiger partial charge on any atom is -0.480 e. The lowest BCUT2D eigenvalue weighted by Crippen LogP contribution is -2.28. The molecule has 0 spiro atoms. The summed E-state index contributed by atoms with van der Waals surface area (Å²) in [5.41, 5.74) is 0. The lowest BCUT2D eigenvalue weighted by molar-refractivity contribution is -0.152. The fourth-order valence-corrected chi connectivity index (χ4v) is 0.972. The van der Waals surface area contributed by atoms with Gasteiger partial charge >= 0.3 is 13.6 Å². The second-order valence-electron chi connectivity index (χ2n) is 2.17. The van der Waals surface area contributed by atoms with Crippen LogP contribution in [0.3, 0.4) is 0 Å². The normalized spacial score (nSPS) is 12.0. The quantitative estimate of drug-likeness (QED) is 0.329. The van der Waals surface area contributed by atoms with Gasteiger partial charge in [0.2, 0.25) is 0 Å². The van der Waals surface area contributed by atoms with Crippen molar-refractivity contribution in [1.82, 2.24) is 5.06 Å². The highest BCUT2D eigenvalue weighted by molar-refractivity contribution is 7.51. The first-order valence-corrected chi connectivity index (χ1v) is 4.81. The molecule has 4 N–H and O–H groups in total. The van der Waals surface area contributed by atoms with Crippen LogP contribution < -0.4 is 0 Å². The number of hydrogen-bond donors (Lipinski definition) is 4. The van der Waals surface area contributed by atoms with Crippen LogP contribution in [0.1, 0.15) is 0 Å². The SMILES string of the molecule is O=C(O)CN(O)CCP(=O)(O)O. The van der Waals surface area contributed by atoms with Crippen molar-refractivity contribution in [2.45, 2.75) is 0 Å². The Kier molecular flexibility index (Phi) is 4.36. The predicted octanol–water partition coefficient (Wildman–Crippen LogP) is -1.06. The van der Waals surface area contributed by atoms with E-state index in [9.17, 15) is 9.36 Å². The van der Waals surface area contributed by atoms with Crippen molar-refractivity contribution in [2.24, 2.45) is 0 Å². The smallest absolute Gasteiger partial charge is 0.326 e. The second kappa shape index (κ2) is 4.54. The number of aliphatic carboxylic acids is 1. The third-order valence-corrected chi connectivity index (χ3v) is 1.75. The molecule has 0 aromatic carbocycles. The lowest BCUT2D eigenvalue weighted by atomic mass is 10.6. The summed E-state index contributed by atoms with van der Waals surface area (Å²) in [6, 6.07) is 0. The van der Waals surface area contributed by atoms with Crippen molar-refractivity contribution in [3.63, 3.8) is 0 Å². The second-order valence-corrected chi connectivity index (χ2v) is 3.95. The summed E-state index contributed by atoms with van der Waals surface area (Å²) in [6.45, 7) is -1.02. The number of carboxylic acid groups (broad SMARTS) is 1. The summed E-state index contributed by atoms with van der Waals surface area (Å²) < 4.78 is 10.2. The molecule has 0 aromatic rings. The monoisotopic (exact) mass is 199 g/mol. The standard InChI is InChI=1S/C4H10NO6P/c6-4(7)3-5(8)1-2-12(9,10)11/h8H,1-3H2,(H,6,7)(H2,9,10,11). The minimum atomic E-state index is -4.16. The molecule has 0 aromatic heterocycles. The molecular formula is C4H10NO6P. The Hall–Kier alpha value is -0.460. The van der Waals surface area contributed by atoms with Gasteiger partial charge in [-0.1, -0.05) is 0 Å². The van der Waals surface area contributed by atoms with Gasteiger partial charge in [0.1, 0.15) is 6.54 Å². The number of carboxylic acids is 1. The number of rotatable bonds is 5. The van der Waals surface area contributed by atoms with Gasteiger partial charge in [-0.25, -0.2) is 0 Å². The third-order valence-electron chi connectivity index (χ3n) is 0.967. The van der Waals surface area contributed by atoms with Crippen molar-refractivity contribution < 1.29 is 29.5 Å². The molecule has 72 valence electrons. The van der Waals surface area contributed by atoms with Crippen molar-refractivity contribution in [3.8, 4) is 0 Å². The Bertz CT molecular complexity index is 200. The summed E-state index contributed by atoms with van der Waals surface area (Å²) in [7, 11) is -4.16. The van der Waals surface area contributed by atoms with E-state index in [2.05, 4.69) is 0 Å². The first-order chi connectivity index (χ1) is 5.31. The molecule has 0 heterocycles. The van der Waals surface area contributed by atoms with E-state index >= 15 is 0 Å². The molecule has 0 radical (unpaired) electrons.